The van der Waals surface area contributed by atoms with Gasteiger partial charge in [-0.2, -0.15) is 0 Å². The molecular weight excluding hydrogens is 484 g/mol. The maximum absolute atomic E-state index is 13.3. The number of methoxy groups -OCH3 is 1. The van der Waals surface area contributed by atoms with Crippen LogP contribution in [0.5, 0.6) is 5.75 Å². The van der Waals surface area contributed by atoms with Crippen LogP contribution in [-0.4, -0.2) is 54.5 Å². The second-order valence-electron chi connectivity index (χ2n) is 9.67. The average Bonchev–Trinajstić information content (AvgIpc) is 3.34. The van der Waals surface area contributed by atoms with Gasteiger partial charge in [-0.05, 0) is 37.5 Å². The minimum Gasteiger partial charge on any atom is -0.497 e. The highest BCUT2D eigenvalue weighted by atomic mass is 16.5. The molecule has 9 heteroatoms. The number of aromatic nitrogens is 1. The van der Waals surface area contributed by atoms with Crippen molar-refractivity contribution in [3.05, 3.63) is 71.5 Å². The van der Waals surface area contributed by atoms with Gasteiger partial charge in [0.15, 0.2) is 0 Å². The third kappa shape index (κ3) is 6.59. The Labute approximate surface area is 222 Å². The average molecular weight is 519 g/mol. The molecule has 0 bridgehead atoms. The molecule has 1 aromatic heterocycles. The van der Waals surface area contributed by atoms with Gasteiger partial charge >= 0.3 is 0 Å². The summed E-state index contributed by atoms with van der Waals surface area (Å²) in [5.74, 6) is 0.202. The Hall–Kier alpha value is -4.14. The Morgan fingerprint density at radius 1 is 1.11 bits per heavy atom. The van der Waals surface area contributed by atoms with Crippen LogP contribution in [0.3, 0.4) is 0 Å². The van der Waals surface area contributed by atoms with Crippen LogP contribution in [-0.2, 0) is 16.1 Å². The lowest BCUT2D eigenvalue weighted by atomic mass is 9.96. The summed E-state index contributed by atoms with van der Waals surface area (Å²) in [5, 5.41) is 10.1. The second-order valence-corrected chi connectivity index (χ2v) is 9.67. The van der Waals surface area contributed by atoms with E-state index in [1.54, 1.807) is 26.0 Å². The molecule has 2 heterocycles. The van der Waals surface area contributed by atoms with E-state index in [4.69, 9.17) is 9.26 Å². The molecular formula is C29H34N4O5. The number of ether oxygens (including phenoxy) is 1. The number of aryl methyl sites for hydroxylation is 1. The van der Waals surface area contributed by atoms with E-state index < -0.39 is 5.92 Å². The highest BCUT2D eigenvalue weighted by Crippen LogP contribution is 2.26. The summed E-state index contributed by atoms with van der Waals surface area (Å²) in [4.78, 5) is 40.8. The monoisotopic (exact) mass is 518 g/mol. The standard InChI is InChI=1S/C29H34N4O5/c1-19-26(27(32-38-19)21-8-5-4-6-9-21)29(36)31-23-11-7-10-22(16-25(34)33(2)18-23)28(35)30-17-20-12-14-24(37-3)15-13-20/h4-6,8-9,12-15,22-23H,7,10-11,16-18H2,1-3H3,(H,30,35)(H,31,36). The number of carbonyl (C=O) groups is 3. The van der Waals surface area contributed by atoms with Gasteiger partial charge in [-0.3, -0.25) is 14.4 Å². The SMILES string of the molecule is COc1ccc(CNC(=O)C2CCCC(NC(=O)c3c(-c4ccccc4)noc3C)CN(C)C(=O)C2)cc1. The number of likely N-dealkylation sites (N-methyl/N-ethyl adjacent to an activating group) is 1. The Morgan fingerprint density at radius 3 is 2.55 bits per heavy atom. The zero-order valence-corrected chi connectivity index (χ0v) is 22.0. The van der Waals surface area contributed by atoms with Gasteiger partial charge in [-0.1, -0.05) is 54.0 Å². The van der Waals surface area contributed by atoms with E-state index in [9.17, 15) is 14.4 Å². The molecule has 2 atom stereocenters. The van der Waals surface area contributed by atoms with Crippen LogP contribution < -0.4 is 15.4 Å². The third-order valence-corrected chi connectivity index (χ3v) is 6.92. The predicted octanol–water partition coefficient (Wildman–Crippen LogP) is 3.72. The van der Waals surface area contributed by atoms with Crippen LogP contribution in [0.15, 0.2) is 59.1 Å². The smallest absolute Gasteiger partial charge is 0.257 e. The summed E-state index contributed by atoms with van der Waals surface area (Å²) in [6.45, 7) is 2.45. The number of nitrogens with one attached hydrogen (secondary N) is 2. The van der Waals surface area contributed by atoms with Gasteiger partial charge in [0, 0.05) is 44.1 Å². The zero-order chi connectivity index (χ0) is 27.1. The van der Waals surface area contributed by atoms with E-state index in [0.29, 0.717) is 49.4 Å². The Morgan fingerprint density at radius 2 is 1.84 bits per heavy atom. The summed E-state index contributed by atoms with van der Waals surface area (Å²) in [7, 11) is 3.31. The molecule has 2 aromatic carbocycles. The van der Waals surface area contributed by atoms with E-state index in [1.807, 2.05) is 54.6 Å². The molecule has 3 aromatic rings. The molecule has 0 spiro atoms. The molecule has 9 nitrogen and oxygen atoms in total. The van der Waals surface area contributed by atoms with Gasteiger partial charge in [0.2, 0.25) is 11.8 Å². The van der Waals surface area contributed by atoms with Gasteiger partial charge in [0.25, 0.3) is 5.91 Å². The topological polar surface area (TPSA) is 114 Å². The first-order valence-electron chi connectivity index (χ1n) is 12.8. The van der Waals surface area contributed by atoms with Gasteiger partial charge in [-0.25, -0.2) is 0 Å². The Bertz CT molecular complexity index is 1260. The molecule has 2 unspecified atom stereocenters. The molecule has 0 radical (unpaired) electrons. The lowest BCUT2D eigenvalue weighted by molar-refractivity contribution is -0.135. The molecule has 1 saturated heterocycles. The minimum atomic E-state index is -0.428. The highest BCUT2D eigenvalue weighted by Gasteiger charge is 2.29. The second kappa shape index (κ2) is 12.4. The molecule has 1 aliphatic heterocycles. The summed E-state index contributed by atoms with van der Waals surface area (Å²) in [5.41, 5.74) is 2.62. The number of rotatable bonds is 7. The Balaban J connectivity index is 1.38. The first-order valence-corrected chi connectivity index (χ1v) is 12.8. The van der Waals surface area contributed by atoms with Crippen LogP contribution in [0.1, 0.15) is 47.4 Å². The molecule has 0 saturated carbocycles. The van der Waals surface area contributed by atoms with E-state index >= 15 is 0 Å². The van der Waals surface area contributed by atoms with Gasteiger partial charge in [0.05, 0.1) is 7.11 Å². The van der Waals surface area contributed by atoms with Gasteiger partial charge in [-0.15, -0.1) is 0 Å². The third-order valence-electron chi connectivity index (χ3n) is 6.92. The lowest BCUT2D eigenvalue weighted by Crippen LogP contribution is -2.44. The van der Waals surface area contributed by atoms with Crippen molar-refractivity contribution in [1.82, 2.24) is 20.7 Å². The molecule has 0 aliphatic carbocycles. The molecule has 2 N–H and O–H groups in total. The first kappa shape index (κ1) is 26.9. The maximum atomic E-state index is 13.3. The van der Waals surface area contributed by atoms with Crippen molar-refractivity contribution in [2.24, 2.45) is 5.92 Å². The fourth-order valence-corrected chi connectivity index (χ4v) is 4.71. The molecule has 200 valence electrons. The molecule has 1 aliphatic rings. The first-order chi connectivity index (χ1) is 18.4. The number of carbonyl (C=O) groups excluding carboxylic acids is 3. The summed E-state index contributed by atoms with van der Waals surface area (Å²) < 4.78 is 10.5. The van der Waals surface area contributed by atoms with E-state index in [1.165, 1.54) is 0 Å². The van der Waals surface area contributed by atoms with Gasteiger partial charge in [0.1, 0.15) is 22.8 Å². The molecule has 1 fully saturated rings. The Kier molecular flexibility index (Phi) is 8.78. The molecule has 3 amide bonds. The predicted molar refractivity (Wildman–Crippen MR) is 142 cm³/mol. The van der Waals surface area contributed by atoms with Crippen molar-refractivity contribution < 1.29 is 23.6 Å². The van der Waals surface area contributed by atoms with E-state index in [0.717, 1.165) is 16.9 Å². The minimum absolute atomic E-state index is 0.123. The molecule has 4 rings (SSSR count). The van der Waals surface area contributed by atoms with Crippen LogP contribution in [0, 0.1) is 12.8 Å². The summed E-state index contributed by atoms with van der Waals surface area (Å²) in [6.07, 6.45) is 2.02. The summed E-state index contributed by atoms with van der Waals surface area (Å²) in [6, 6.07) is 16.6. The zero-order valence-electron chi connectivity index (χ0n) is 22.0. The van der Waals surface area contributed by atoms with E-state index in [2.05, 4.69) is 15.8 Å². The van der Waals surface area contributed by atoms with Gasteiger partial charge < -0.3 is 24.8 Å². The van der Waals surface area contributed by atoms with E-state index in [-0.39, 0.29) is 30.2 Å². The van der Waals surface area contributed by atoms with Crippen LogP contribution in [0.4, 0.5) is 0 Å². The number of nitrogens with zero attached hydrogens (tertiary/aromatic N) is 2. The maximum Gasteiger partial charge on any atom is 0.257 e. The van der Waals surface area contributed by atoms with Crippen molar-refractivity contribution in [3.8, 4) is 17.0 Å². The van der Waals surface area contributed by atoms with Crippen molar-refractivity contribution >= 4 is 17.7 Å². The number of amides is 3. The number of hydrogen-bond donors (Lipinski definition) is 2. The molecule has 38 heavy (non-hydrogen) atoms. The normalized spacial score (nSPS) is 18.2. The van der Waals surface area contributed by atoms with Crippen molar-refractivity contribution in [2.45, 2.75) is 45.2 Å². The fraction of sp³-hybridized carbons (Fsp3) is 0.379. The van der Waals surface area contributed by atoms with Crippen LogP contribution in [0.25, 0.3) is 11.3 Å². The van der Waals surface area contributed by atoms with Crippen LogP contribution in [0.2, 0.25) is 0 Å². The van der Waals surface area contributed by atoms with Crippen molar-refractivity contribution in [1.29, 1.82) is 0 Å². The number of benzene rings is 2. The largest absolute Gasteiger partial charge is 0.497 e. The lowest BCUT2D eigenvalue weighted by Gasteiger charge is -2.24. The van der Waals surface area contributed by atoms with Crippen LogP contribution >= 0.6 is 0 Å². The number of hydrogen-bond acceptors (Lipinski definition) is 6. The summed E-state index contributed by atoms with van der Waals surface area (Å²) >= 11 is 0. The quantitative estimate of drug-likeness (QED) is 0.493. The van der Waals surface area contributed by atoms with Crippen molar-refractivity contribution in [3.63, 3.8) is 0 Å². The highest BCUT2D eigenvalue weighted by molar-refractivity contribution is 6.01. The van der Waals surface area contributed by atoms with Crippen molar-refractivity contribution in [2.75, 3.05) is 20.7 Å². The fourth-order valence-electron chi connectivity index (χ4n) is 4.71.